The first-order valence-corrected chi connectivity index (χ1v) is 11.9. The Bertz CT molecular complexity index is 1090. The Morgan fingerprint density at radius 2 is 1.84 bits per heavy atom. The molecule has 0 saturated heterocycles. The minimum atomic E-state index is -0.627. The zero-order valence-corrected chi connectivity index (χ0v) is 20.3. The molecule has 0 N–H and O–H groups in total. The predicted octanol–water partition coefficient (Wildman–Crippen LogP) is 6.58. The molecule has 0 fully saturated rings. The molecule has 0 saturated carbocycles. The first-order chi connectivity index (χ1) is 14.7. The fraction of sp³-hybridized carbons (Fsp3) is 0.417. The summed E-state index contributed by atoms with van der Waals surface area (Å²) in [5.74, 6) is -0.587. The van der Waals surface area contributed by atoms with Gasteiger partial charge in [0, 0.05) is 34.5 Å². The van der Waals surface area contributed by atoms with Crippen LogP contribution in [0.4, 0.5) is 5.00 Å². The van der Waals surface area contributed by atoms with Crippen LogP contribution in [0.1, 0.15) is 39.0 Å². The quantitative estimate of drug-likeness (QED) is 0.166. The van der Waals surface area contributed by atoms with E-state index in [4.69, 9.17) is 16.0 Å². The Labute approximate surface area is 191 Å². The van der Waals surface area contributed by atoms with Crippen molar-refractivity contribution in [3.8, 4) is 0 Å². The van der Waals surface area contributed by atoms with Gasteiger partial charge >= 0.3 is 5.97 Å². The summed E-state index contributed by atoms with van der Waals surface area (Å²) in [6, 6.07) is 8.59. The second kappa shape index (κ2) is 9.82. The van der Waals surface area contributed by atoms with E-state index in [9.17, 15) is 4.79 Å². The zero-order chi connectivity index (χ0) is 22.6. The van der Waals surface area contributed by atoms with Crippen molar-refractivity contribution in [1.82, 2.24) is 0 Å². The molecule has 0 aliphatic carbocycles. The van der Waals surface area contributed by atoms with E-state index in [2.05, 4.69) is 41.9 Å². The van der Waals surface area contributed by atoms with Crippen LogP contribution in [0.25, 0.3) is 31.1 Å². The van der Waals surface area contributed by atoms with Crippen molar-refractivity contribution in [2.24, 2.45) is 0 Å². The summed E-state index contributed by atoms with van der Waals surface area (Å²) in [4.78, 5) is 18.7. The maximum atomic E-state index is 12.3. The number of esters is 1. The van der Waals surface area contributed by atoms with E-state index < -0.39 is 11.6 Å². The van der Waals surface area contributed by atoms with Gasteiger partial charge in [-0.05, 0) is 68.3 Å². The van der Waals surface area contributed by atoms with Gasteiger partial charge in [0.1, 0.15) is 5.60 Å². The maximum Gasteiger partial charge on any atom is 0.336 e. The van der Waals surface area contributed by atoms with E-state index in [-0.39, 0.29) is 5.70 Å². The average molecular weight is 457 g/mol. The van der Waals surface area contributed by atoms with Gasteiger partial charge in [0.25, 0.3) is 5.70 Å². The molecule has 0 aliphatic heterocycles. The standard InChI is InChI=1S/C24H28N2O3S2/c1-7-9-28-10-8-26(6)22-13-17-11-16-12-18(30-20(16)15-21(17)31-22)14-19(25-5)23(27)29-24(2,3)4/h11-15H,7-10H2,1-4,6H3/b19-14-. The van der Waals surface area contributed by atoms with E-state index in [0.717, 1.165) is 41.1 Å². The van der Waals surface area contributed by atoms with Crippen molar-refractivity contribution in [3.05, 3.63) is 46.3 Å². The normalized spacial score (nSPS) is 12.3. The molecule has 0 unspecified atom stereocenters. The summed E-state index contributed by atoms with van der Waals surface area (Å²) in [5, 5.41) is 3.52. The lowest BCUT2D eigenvalue weighted by atomic mass is 10.2. The molecule has 0 bridgehead atoms. The molecule has 1 aromatic carbocycles. The van der Waals surface area contributed by atoms with Gasteiger partial charge in [-0.1, -0.05) is 6.92 Å². The molecule has 3 rings (SSSR count). The van der Waals surface area contributed by atoms with Crippen LogP contribution in [0.3, 0.4) is 0 Å². The largest absolute Gasteiger partial charge is 0.465 e. The first-order valence-electron chi connectivity index (χ1n) is 10.3. The highest BCUT2D eigenvalue weighted by Crippen LogP contribution is 2.38. The second-order valence-corrected chi connectivity index (χ2v) is 10.5. The van der Waals surface area contributed by atoms with Crippen LogP contribution in [-0.2, 0) is 14.3 Å². The summed E-state index contributed by atoms with van der Waals surface area (Å²) >= 11 is 3.34. The lowest BCUT2D eigenvalue weighted by molar-refractivity contribution is -0.149. The van der Waals surface area contributed by atoms with Gasteiger partial charge in [-0.25, -0.2) is 4.85 Å². The molecular weight excluding hydrogens is 428 g/mol. The van der Waals surface area contributed by atoms with Crippen LogP contribution in [0.5, 0.6) is 0 Å². The molecule has 0 spiro atoms. The van der Waals surface area contributed by atoms with E-state index in [1.807, 2.05) is 6.07 Å². The van der Waals surface area contributed by atoms with Crippen molar-refractivity contribution < 1.29 is 14.3 Å². The Balaban J connectivity index is 1.82. The second-order valence-electron chi connectivity index (χ2n) is 8.34. The van der Waals surface area contributed by atoms with Crippen LogP contribution in [0.15, 0.2) is 30.0 Å². The molecule has 0 amide bonds. The van der Waals surface area contributed by atoms with Gasteiger partial charge in [-0.15, -0.1) is 22.7 Å². The number of fused-ring (bicyclic) bond motifs is 2. The third kappa shape index (κ3) is 6.07. The molecule has 2 aromatic heterocycles. The Kier molecular flexibility index (Phi) is 7.37. The number of anilines is 1. The number of rotatable bonds is 8. The molecule has 0 radical (unpaired) electrons. The van der Waals surface area contributed by atoms with E-state index in [1.54, 1.807) is 49.5 Å². The molecule has 31 heavy (non-hydrogen) atoms. The monoisotopic (exact) mass is 456 g/mol. The summed E-state index contributed by atoms with van der Waals surface area (Å²) in [5.41, 5.74) is -0.629. The number of carbonyl (C=O) groups excluding carboxylic acids is 1. The average Bonchev–Trinajstić information content (AvgIpc) is 3.28. The van der Waals surface area contributed by atoms with E-state index in [1.165, 1.54) is 15.1 Å². The number of likely N-dealkylation sites (N-methyl/N-ethyl adjacent to an activating group) is 1. The minimum Gasteiger partial charge on any atom is -0.465 e. The lowest BCUT2D eigenvalue weighted by Crippen LogP contribution is -2.24. The molecule has 5 nitrogen and oxygen atoms in total. The lowest BCUT2D eigenvalue weighted by Gasteiger charge is -2.19. The van der Waals surface area contributed by atoms with Gasteiger partial charge in [0.2, 0.25) is 0 Å². The molecule has 164 valence electrons. The molecular formula is C24H28N2O3S2. The number of ether oxygens (including phenoxy) is 2. The van der Waals surface area contributed by atoms with Gasteiger partial charge in [-0.2, -0.15) is 0 Å². The van der Waals surface area contributed by atoms with Crippen molar-refractivity contribution in [3.63, 3.8) is 0 Å². The SMILES string of the molecule is [C-]#[N+]/C(=C\c1cc2cc3cc(N(C)CCOCCC)sc3cc2s1)C(=O)OC(C)(C)C. The topological polar surface area (TPSA) is 43.1 Å². The van der Waals surface area contributed by atoms with Crippen LogP contribution in [0, 0.1) is 6.57 Å². The minimum absolute atomic E-state index is 0.00232. The third-order valence-corrected chi connectivity index (χ3v) is 6.72. The highest BCUT2D eigenvalue weighted by molar-refractivity contribution is 7.24. The number of hydrogen-bond donors (Lipinski definition) is 0. The fourth-order valence-electron chi connectivity index (χ4n) is 3.00. The number of hydrogen-bond acceptors (Lipinski definition) is 6. The highest BCUT2D eigenvalue weighted by atomic mass is 32.1. The van der Waals surface area contributed by atoms with Crippen molar-refractivity contribution in [1.29, 1.82) is 0 Å². The number of nitrogens with zero attached hydrogens (tertiary/aromatic N) is 2. The zero-order valence-electron chi connectivity index (χ0n) is 18.7. The number of thiophene rings is 2. The van der Waals surface area contributed by atoms with Gasteiger partial charge in [0.15, 0.2) is 0 Å². The summed E-state index contributed by atoms with van der Waals surface area (Å²) < 4.78 is 13.3. The van der Waals surface area contributed by atoms with Crippen molar-refractivity contribution in [2.75, 3.05) is 31.7 Å². The fourth-order valence-corrected chi connectivity index (χ4v) is 5.17. The predicted molar refractivity (Wildman–Crippen MR) is 132 cm³/mol. The van der Waals surface area contributed by atoms with Gasteiger partial charge in [-0.3, -0.25) is 4.79 Å². The van der Waals surface area contributed by atoms with Gasteiger partial charge < -0.3 is 14.4 Å². The van der Waals surface area contributed by atoms with E-state index in [0.29, 0.717) is 0 Å². The maximum absolute atomic E-state index is 12.3. The van der Waals surface area contributed by atoms with Crippen molar-refractivity contribution >= 4 is 59.9 Å². The Morgan fingerprint density at radius 3 is 2.52 bits per heavy atom. The molecule has 7 heteroatoms. The first kappa shape index (κ1) is 23.3. The van der Waals surface area contributed by atoms with E-state index >= 15 is 0 Å². The summed E-state index contributed by atoms with van der Waals surface area (Å²) in [7, 11) is 2.09. The molecule has 0 atom stereocenters. The van der Waals surface area contributed by atoms with Crippen LogP contribution in [-0.4, -0.2) is 38.4 Å². The smallest absolute Gasteiger partial charge is 0.336 e. The summed E-state index contributed by atoms with van der Waals surface area (Å²) in [6.45, 7) is 17.2. The Morgan fingerprint density at radius 1 is 1.13 bits per heavy atom. The van der Waals surface area contributed by atoms with Crippen LogP contribution < -0.4 is 4.90 Å². The van der Waals surface area contributed by atoms with Gasteiger partial charge in [0.05, 0.1) is 18.2 Å². The highest BCUT2D eigenvalue weighted by Gasteiger charge is 2.20. The molecule has 0 aliphatic rings. The Hall–Kier alpha value is -2.40. The van der Waals surface area contributed by atoms with Crippen LogP contribution in [0.2, 0.25) is 0 Å². The number of benzene rings is 1. The molecule has 3 aromatic rings. The third-order valence-electron chi connectivity index (χ3n) is 4.46. The summed E-state index contributed by atoms with van der Waals surface area (Å²) in [6.07, 6.45) is 2.66. The molecule has 2 heterocycles. The van der Waals surface area contributed by atoms with Crippen molar-refractivity contribution in [2.45, 2.75) is 39.7 Å². The number of carbonyl (C=O) groups is 1. The van der Waals surface area contributed by atoms with Crippen LogP contribution >= 0.6 is 22.7 Å².